The van der Waals surface area contributed by atoms with Gasteiger partial charge in [-0.15, -0.1) is 0 Å². The van der Waals surface area contributed by atoms with E-state index in [9.17, 15) is 14.5 Å². The third-order valence-electron chi connectivity index (χ3n) is 7.36. The monoisotopic (exact) mass is 624 g/mol. The number of fused-ring (bicyclic) bond motifs is 3. The summed E-state index contributed by atoms with van der Waals surface area (Å²) in [6, 6.07) is 0. The SMILES string of the molecule is C[C@]1(COP(=O)(S)O[C@@H]2C[C@@H](CO)O[C@H]2n2cnc3c(=O)[nH]c(N)nc32)O[C@@H](n2cnc3c(N)ncnc32)[C@@H]2OO[C@@H]21. The minimum Gasteiger partial charge on any atom is -0.394 e. The Kier molecular flexibility index (Phi) is 6.53. The van der Waals surface area contributed by atoms with Crippen LogP contribution in [-0.2, 0) is 32.9 Å². The molecule has 0 spiro atoms. The van der Waals surface area contributed by atoms with E-state index in [0.717, 1.165) is 0 Å². The number of nitrogen functional groups attached to an aromatic ring is 2. The zero-order chi connectivity index (χ0) is 29.4. The lowest BCUT2D eigenvalue weighted by Crippen LogP contribution is -2.53. The summed E-state index contributed by atoms with van der Waals surface area (Å²) in [6.45, 7) is -2.99. The Balaban J connectivity index is 1.09. The van der Waals surface area contributed by atoms with E-state index in [1.165, 1.54) is 23.5 Å². The van der Waals surface area contributed by atoms with Gasteiger partial charge in [-0.2, -0.15) is 4.98 Å². The molecular formula is C21H25N10O9PS. The molecule has 7 rings (SSSR count). The minimum atomic E-state index is -4.09. The van der Waals surface area contributed by atoms with Gasteiger partial charge in [0.1, 0.15) is 23.5 Å². The summed E-state index contributed by atoms with van der Waals surface area (Å²) >= 11 is 4.19. The number of hydrogen-bond acceptors (Lipinski definition) is 16. The van der Waals surface area contributed by atoms with Crippen LogP contribution in [0.3, 0.4) is 0 Å². The van der Waals surface area contributed by atoms with Gasteiger partial charge in [0, 0.05) is 6.42 Å². The Morgan fingerprint density at radius 2 is 1.93 bits per heavy atom. The normalized spacial score (nSPS) is 32.3. The van der Waals surface area contributed by atoms with Crippen molar-refractivity contribution in [3.05, 3.63) is 29.3 Å². The fraction of sp³-hybridized carbons (Fsp3) is 0.524. The summed E-state index contributed by atoms with van der Waals surface area (Å²) in [5, 5.41) is 9.75. The Labute approximate surface area is 240 Å². The van der Waals surface area contributed by atoms with Crippen molar-refractivity contribution >= 4 is 53.1 Å². The minimum absolute atomic E-state index is 0.0160. The number of aliphatic hydroxyl groups is 1. The maximum absolute atomic E-state index is 13.5. The van der Waals surface area contributed by atoms with E-state index in [2.05, 4.69) is 42.2 Å². The van der Waals surface area contributed by atoms with E-state index in [1.807, 2.05) is 0 Å². The van der Waals surface area contributed by atoms with Crippen molar-refractivity contribution in [2.75, 3.05) is 24.7 Å². The van der Waals surface area contributed by atoms with Gasteiger partial charge in [0.15, 0.2) is 47.3 Å². The van der Waals surface area contributed by atoms with Crippen molar-refractivity contribution in [1.82, 2.24) is 39.0 Å². The molecule has 19 nitrogen and oxygen atoms in total. The molecular weight excluding hydrogens is 599 g/mol. The molecule has 0 aromatic carbocycles. The zero-order valence-corrected chi connectivity index (χ0v) is 23.5. The number of nitrogens with one attached hydrogen (secondary N) is 1. The summed E-state index contributed by atoms with van der Waals surface area (Å²) < 4.78 is 40.3. The van der Waals surface area contributed by atoms with Crippen LogP contribution < -0.4 is 17.0 Å². The quantitative estimate of drug-likeness (QED) is 0.0969. The van der Waals surface area contributed by atoms with E-state index in [1.54, 1.807) is 11.5 Å². The smallest absolute Gasteiger partial charge is 0.386 e. The van der Waals surface area contributed by atoms with Gasteiger partial charge in [0.05, 0.1) is 32.0 Å². The van der Waals surface area contributed by atoms with Crippen molar-refractivity contribution in [3.63, 3.8) is 0 Å². The molecule has 0 bridgehead atoms. The van der Waals surface area contributed by atoms with Gasteiger partial charge < -0.3 is 26.0 Å². The molecule has 7 heterocycles. The van der Waals surface area contributed by atoms with E-state index >= 15 is 0 Å². The number of rotatable bonds is 8. The predicted octanol–water partition coefficient (Wildman–Crippen LogP) is -0.170. The highest BCUT2D eigenvalue weighted by atomic mass is 32.7. The molecule has 0 aliphatic carbocycles. The maximum Gasteiger partial charge on any atom is 0.386 e. The Bertz CT molecular complexity index is 1780. The highest BCUT2D eigenvalue weighted by Gasteiger charge is 2.62. The topological polar surface area (TPSA) is 252 Å². The number of aromatic amines is 1. The van der Waals surface area contributed by atoms with Crippen molar-refractivity contribution in [2.24, 2.45) is 0 Å². The first-order chi connectivity index (χ1) is 20.1. The van der Waals surface area contributed by atoms with Crippen molar-refractivity contribution in [3.8, 4) is 0 Å². The van der Waals surface area contributed by atoms with Crippen molar-refractivity contribution in [1.29, 1.82) is 0 Å². The molecule has 4 aromatic rings. The van der Waals surface area contributed by atoms with Crippen molar-refractivity contribution in [2.45, 2.75) is 55.8 Å². The number of hydrogen-bond donors (Lipinski definition) is 5. The van der Waals surface area contributed by atoms with E-state index in [-0.39, 0.29) is 42.6 Å². The van der Waals surface area contributed by atoms with Crippen LogP contribution in [0.15, 0.2) is 23.8 Å². The van der Waals surface area contributed by atoms with Gasteiger partial charge >= 0.3 is 6.80 Å². The van der Waals surface area contributed by atoms with E-state index in [4.69, 9.17) is 39.8 Å². The van der Waals surface area contributed by atoms with Gasteiger partial charge in [-0.05, 0) is 6.92 Å². The van der Waals surface area contributed by atoms with Crippen LogP contribution in [0, 0.1) is 0 Å². The Hall–Kier alpha value is -3.20. The number of aliphatic hydroxyl groups excluding tert-OH is 1. The molecule has 6 N–H and O–H groups in total. The third kappa shape index (κ3) is 4.46. The van der Waals surface area contributed by atoms with Gasteiger partial charge in [-0.3, -0.25) is 28.0 Å². The molecule has 0 saturated carbocycles. The highest BCUT2D eigenvalue weighted by molar-refractivity contribution is 8.44. The zero-order valence-electron chi connectivity index (χ0n) is 21.7. The Morgan fingerprint density at radius 3 is 2.67 bits per heavy atom. The fourth-order valence-corrected chi connectivity index (χ4v) is 6.88. The van der Waals surface area contributed by atoms with Crippen LogP contribution in [0.25, 0.3) is 22.3 Å². The molecule has 3 aliphatic rings. The number of anilines is 2. The maximum atomic E-state index is 13.5. The lowest BCUT2D eigenvalue weighted by molar-refractivity contribution is -0.468. The van der Waals surface area contributed by atoms with E-state index < -0.39 is 54.8 Å². The van der Waals surface area contributed by atoms with Gasteiger partial charge in [-0.1, -0.05) is 12.2 Å². The molecule has 0 amide bonds. The number of thiol groups is 1. The second-order valence-corrected chi connectivity index (χ2v) is 13.1. The first-order valence-electron chi connectivity index (χ1n) is 12.6. The summed E-state index contributed by atoms with van der Waals surface area (Å²) in [6.07, 6.45) is -0.193. The number of imidazole rings is 2. The number of nitrogens with two attached hydrogens (primary N) is 2. The summed E-state index contributed by atoms with van der Waals surface area (Å²) in [5.74, 6) is 0.0838. The highest BCUT2D eigenvalue weighted by Crippen LogP contribution is 2.58. The third-order valence-corrected chi connectivity index (χ3v) is 8.98. The molecule has 4 aromatic heterocycles. The van der Waals surface area contributed by atoms with Gasteiger partial charge in [-0.25, -0.2) is 34.3 Å². The second-order valence-electron chi connectivity index (χ2n) is 10.2. The van der Waals surface area contributed by atoms with Crippen LogP contribution in [0.1, 0.15) is 25.8 Å². The lowest BCUT2D eigenvalue weighted by atomic mass is 9.97. The predicted molar refractivity (Wildman–Crippen MR) is 144 cm³/mol. The fourth-order valence-electron chi connectivity index (χ4n) is 5.33. The molecule has 21 heteroatoms. The molecule has 8 atom stereocenters. The van der Waals surface area contributed by atoms with Crippen molar-refractivity contribution < 1.29 is 38.0 Å². The Morgan fingerprint density at radius 1 is 1.17 bits per heavy atom. The number of H-pyrrole nitrogens is 1. The van der Waals surface area contributed by atoms with E-state index in [0.29, 0.717) is 11.2 Å². The van der Waals surface area contributed by atoms with Crippen LogP contribution in [0.2, 0.25) is 0 Å². The van der Waals surface area contributed by atoms with Gasteiger partial charge in [0.2, 0.25) is 5.95 Å². The number of nitrogens with zero attached hydrogens (tertiary/aromatic N) is 7. The first kappa shape index (κ1) is 27.6. The lowest BCUT2D eigenvalue weighted by Gasteiger charge is -2.36. The number of ether oxygens (including phenoxy) is 2. The van der Waals surface area contributed by atoms with Crippen LogP contribution in [-0.4, -0.2) is 87.4 Å². The standard InChI is InChI=1S/C21H25N10O9PS/c1-21(13-12(38-39-13)19(37-21)30-6-26-10-14(22)24-5-25-15(10)30)4-35-41(34,42)40-9-2-8(3-32)36-18(9)31-7-27-11-16(31)28-20(23)29-17(11)33/h5-9,12-13,18-19,32H,2-4H2,1H3,(H,34,42)(H2,22,24,25)(H3,23,28,29,33)/t8-,9+,12+,13-,18+,19+,21+,41?/m0/s1. The molecule has 0 radical (unpaired) electrons. The molecule has 3 saturated heterocycles. The second kappa shape index (κ2) is 9.93. The summed E-state index contributed by atoms with van der Waals surface area (Å²) in [7, 11) is 0. The molecule has 1 unspecified atom stereocenters. The molecule has 3 fully saturated rings. The van der Waals surface area contributed by atoms with Crippen LogP contribution >= 0.6 is 19.0 Å². The van der Waals surface area contributed by atoms with Crippen LogP contribution in [0.5, 0.6) is 0 Å². The molecule has 42 heavy (non-hydrogen) atoms. The summed E-state index contributed by atoms with van der Waals surface area (Å²) in [5.41, 5.74) is 10.9. The van der Waals surface area contributed by atoms with Gasteiger partial charge in [0.25, 0.3) is 5.56 Å². The average molecular weight is 625 g/mol. The number of aromatic nitrogens is 8. The average Bonchev–Trinajstić information content (AvgIpc) is 3.66. The first-order valence-corrected chi connectivity index (χ1v) is 15.3. The summed E-state index contributed by atoms with van der Waals surface area (Å²) in [4.78, 5) is 45.9. The van der Waals surface area contributed by atoms with Crippen LogP contribution in [0.4, 0.5) is 11.8 Å². The largest absolute Gasteiger partial charge is 0.394 e. The molecule has 224 valence electrons. The molecule has 3 aliphatic heterocycles.